The summed E-state index contributed by atoms with van der Waals surface area (Å²) in [5.74, 6) is 2.51. The topological polar surface area (TPSA) is 61.0 Å². The van der Waals surface area contributed by atoms with Gasteiger partial charge in [-0.05, 0) is 31.0 Å². The Morgan fingerprint density at radius 2 is 1.95 bits per heavy atom. The minimum Gasteiger partial charge on any atom is -0.453 e. The summed E-state index contributed by atoms with van der Waals surface area (Å²) < 4.78 is 5.94. The van der Waals surface area contributed by atoms with Crippen molar-refractivity contribution < 1.29 is 4.74 Å². The smallest absolute Gasteiger partial charge is 0.168 e. The first-order valence-electron chi connectivity index (χ1n) is 6.82. The van der Waals surface area contributed by atoms with Crippen LogP contribution in [0.3, 0.4) is 0 Å². The predicted octanol–water partition coefficient (Wildman–Crippen LogP) is 3.47. The van der Waals surface area contributed by atoms with Gasteiger partial charge in [0.05, 0.1) is 6.20 Å². The maximum absolute atomic E-state index is 5.94. The standard InChI is InChI=1S/C16H21N3O/c1-10(2)16-18-9-15(13(8-17)19-16)20-14-7-11(3)5-6-12(14)4/h5-7,9-10H,8,17H2,1-4H3. The minimum absolute atomic E-state index is 0.273. The lowest BCUT2D eigenvalue weighted by Crippen LogP contribution is -2.07. The van der Waals surface area contributed by atoms with Gasteiger partial charge in [-0.3, -0.25) is 0 Å². The number of rotatable bonds is 4. The number of aryl methyl sites for hydroxylation is 2. The van der Waals surface area contributed by atoms with Crippen molar-refractivity contribution in [3.05, 3.63) is 47.0 Å². The molecule has 106 valence electrons. The third-order valence-electron chi connectivity index (χ3n) is 3.12. The van der Waals surface area contributed by atoms with Gasteiger partial charge in [-0.2, -0.15) is 0 Å². The molecule has 4 heteroatoms. The third-order valence-corrected chi connectivity index (χ3v) is 3.12. The van der Waals surface area contributed by atoms with Gasteiger partial charge < -0.3 is 10.5 Å². The lowest BCUT2D eigenvalue weighted by Gasteiger charge is -2.13. The van der Waals surface area contributed by atoms with E-state index in [1.165, 1.54) is 0 Å². The Morgan fingerprint density at radius 3 is 2.60 bits per heavy atom. The number of benzene rings is 1. The van der Waals surface area contributed by atoms with Crippen LogP contribution in [0.1, 0.15) is 42.4 Å². The number of aromatic nitrogens is 2. The second kappa shape index (κ2) is 6.01. The van der Waals surface area contributed by atoms with Crippen molar-refractivity contribution in [2.75, 3.05) is 0 Å². The summed E-state index contributed by atoms with van der Waals surface area (Å²) in [6, 6.07) is 6.10. The van der Waals surface area contributed by atoms with Crippen LogP contribution in [-0.2, 0) is 6.54 Å². The molecule has 4 nitrogen and oxygen atoms in total. The van der Waals surface area contributed by atoms with E-state index in [1.54, 1.807) is 6.20 Å². The molecule has 20 heavy (non-hydrogen) atoms. The highest BCUT2D eigenvalue weighted by Crippen LogP contribution is 2.28. The summed E-state index contributed by atoms with van der Waals surface area (Å²) in [7, 11) is 0. The lowest BCUT2D eigenvalue weighted by molar-refractivity contribution is 0.463. The Hall–Kier alpha value is -1.94. The van der Waals surface area contributed by atoms with Gasteiger partial charge in [-0.25, -0.2) is 9.97 Å². The van der Waals surface area contributed by atoms with Gasteiger partial charge in [-0.1, -0.05) is 26.0 Å². The minimum atomic E-state index is 0.273. The van der Waals surface area contributed by atoms with E-state index in [9.17, 15) is 0 Å². The van der Waals surface area contributed by atoms with Crippen molar-refractivity contribution in [1.29, 1.82) is 0 Å². The van der Waals surface area contributed by atoms with Crippen LogP contribution >= 0.6 is 0 Å². The van der Waals surface area contributed by atoms with Gasteiger partial charge in [0, 0.05) is 12.5 Å². The Morgan fingerprint density at radius 1 is 1.20 bits per heavy atom. The van der Waals surface area contributed by atoms with Crippen molar-refractivity contribution in [1.82, 2.24) is 9.97 Å². The molecular weight excluding hydrogens is 250 g/mol. The van der Waals surface area contributed by atoms with Gasteiger partial charge in [-0.15, -0.1) is 0 Å². The van der Waals surface area contributed by atoms with Gasteiger partial charge in [0.15, 0.2) is 5.75 Å². The van der Waals surface area contributed by atoms with E-state index in [0.29, 0.717) is 12.3 Å². The molecule has 1 aromatic carbocycles. The highest BCUT2D eigenvalue weighted by atomic mass is 16.5. The van der Waals surface area contributed by atoms with Crippen molar-refractivity contribution >= 4 is 0 Å². The fourth-order valence-corrected chi connectivity index (χ4v) is 1.87. The zero-order chi connectivity index (χ0) is 14.7. The average molecular weight is 271 g/mol. The number of ether oxygens (including phenoxy) is 1. The van der Waals surface area contributed by atoms with Crippen LogP contribution in [0.15, 0.2) is 24.4 Å². The van der Waals surface area contributed by atoms with E-state index in [1.807, 2.05) is 26.0 Å². The van der Waals surface area contributed by atoms with Crippen molar-refractivity contribution in [2.45, 2.75) is 40.2 Å². The maximum Gasteiger partial charge on any atom is 0.168 e. The van der Waals surface area contributed by atoms with Gasteiger partial charge in [0.1, 0.15) is 17.3 Å². The molecule has 0 bridgehead atoms. The highest BCUT2D eigenvalue weighted by Gasteiger charge is 2.11. The lowest BCUT2D eigenvalue weighted by atomic mass is 10.1. The van der Waals surface area contributed by atoms with E-state index in [0.717, 1.165) is 28.4 Å². The summed E-state index contributed by atoms with van der Waals surface area (Å²) in [5.41, 5.74) is 8.74. The van der Waals surface area contributed by atoms with Crippen LogP contribution < -0.4 is 10.5 Å². The van der Waals surface area contributed by atoms with Gasteiger partial charge in [0.25, 0.3) is 0 Å². The average Bonchev–Trinajstić information content (AvgIpc) is 2.43. The third kappa shape index (κ3) is 3.14. The molecular formula is C16H21N3O. The van der Waals surface area contributed by atoms with E-state index in [-0.39, 0.29) is 5.92 Å². The SMILES string of the molecule is Cc1ccc(C)c(Oc2cnc(C(C)C)nc2CN)c1. The van der Waals surface area contributed by atoms with Gasteiger partial charge >= 0.3 is 0 Å². The van der Waals surface area contributed by atoms with Crippen molar-refractivity contribution in [2.24, 2.45) is 5.73 Å². The van der Waals surface area contributed by atoms with Crippen molar-refractivity contribution in [3.63, 3.8) is 0 Å². The van der Waals surface area contributed by atoms with Crippen LogP contribution in [-0.4, -0.2) is 9.97 Å². The molecule has 2 rings (SSSR count). The maximum atomic E-state index is 5.94. The first-order chi connectivity index (χ1) is 9.51. The number of nitrogens with zero attached hydrogens (tertiary/aromatic N) is 2. The van der Waals surface area contributed by atoms with E-state index in [2.05, 4.69) is 29.9 Å². The first kappa shape index (κ1) is 14.5. The van der Waals surface area contributed by atoms with Crippen LogP contribution in [0.5, 0.6) is 11.5 Å². The monoisotopic (exact) mass is 271 g/mol. The van der Waals surface area contributed by atoms with Crippen molar-refractivity contribution in [3.8, 4) is 11.5 Å². The van der Waals surface area contributed by atoms with Crippen LogP contribution in [0.2, 0.25) is 0 Å². The van der Waals surface area contributed by atoms with Crippen LogP contribution in [0, 0.1) is 13.8 Å². The molecule has 0 atom stereocenters. The molecule has 2 aromatic rings. The molecule has 0 aliphatic heterocycles. The molecule has 0 amide bonds. The zero-order valence-corrected chi connectivity index (χ0v) is 12.5. The number of nitrogens with two attached hydrogens (primary N) is 1. The Labute approximate surface area is 120 Å². The van der Waals surface area contributed by atoms with Crippen LogP contribution in [0.25, 0.3) is 0 Å². The normalized spacial score (nSPS) is 10.9. The largest absolute Gasteiger partial charge is 0.453 e. The molecule has 1 heterocycles. The summed E-state index contributed by atoms with van der Waals surface area (Å²) in [6.07, 6.45) is 1.71. The highest BCUT2D eigenvalue weighted by molar-refractivity contribution is 5.40. The summed E-state index contributed by atoms with van der Waals surface area (Å²) in [4.78, 5) is 8.82. The number of hydrogen-bond acceptors (Lipinski definition) is 4. The van der Waals surface area contributed by atoms with Crippen LogP contribution in [0.4, 0.5) is 0 Å². The predicted molar refractivity (Wildman–Crippen MR) is 80.0 cm³/mol. The summed E-state index contributed by atoms with van der Waals surface area (Å²) in [5, 5.41) is 0. The summed E-state index contributed by atoms with van der Waals surface area (Å²) >= 11 is 0. The molecule has 0 saturated carbocycles. The molecule has 0 saturated heterocycles. The summed E-state index contributed by atoms with van der Waals surface area (Å²) in [6.45, 7) is 8.50. The molecule has 0 aliphatic rings. The van der Waals surface area contributed by atoms with E-state index >= 15 is 0 Å². The molecule has 0 unspecified atom stereocenters. The molecule has 1 aromatic heterocycles. The second-order valence-electron chi connectivity index (χ2n) is 5.27. The Kier molecular flexibility index (Phi) is 4.35. The fourth-order valence-electron chi connectivity index (χ4n) is 1.87. The number of hydrogen-bond donors (Lipinski definition) is 1. The zero-order valence-electron chi connectivity index (χ0n) is 12.5. The molecule has 0 radical (unpaired) electrons. The molecule has 0 fully saturated rings. The second-order valence-corrected chi connectivity index (χ2v) is 5.27. The molecule has 0 aliphatic carbocycles. The molecule has 0 spiro atoms. The quantitative estimate of drug-likeness (QED) is 0.925. The Bertz CT molecular complexity index is 609. The van der Waals surface area contributed by atoms with Gasteiger partial charge in [0.2, 0.25) is 0 Å². The fraction of sp³-hybridized carbons (Fsp3) is 0.375. The Balaban J connectivity index is 2.35. The van der Waals surface area contributed by atoms with E-state index in [4.69, 9.17) is 10.5 Å². The van der Waals surface area contributed by atoms with E-state index < -0.39 is 0 Å². The molecule has 2 N–H and O–H groups in total. The first-order valence-corrected chi connectivity index (χ1v) is 6.82.